The number of thiophene rings is 1. The molecule has 0 radical (unpaired) electrons. The molecule has 0 amide bonds. The van der Waals surface area contributed by atoms with E-state index in [-0.39, 0.29) is 36.3 Å². The van der Waals surface area contributed by atoms with Gasteiger partial charge in [0.05, 0.1) is 24.0 Å². The highest BCUT2D eigenvalue weighted by Gasteiger charge is 2.36. The van der Waals surface area contributed by atoms with Gasteiger partial charge in [-0.25, -0.2) is 4.98 Å². The number of fused-ring (bicyclic) bond motifs is 1. The fourth-order valence-corrected chi connectivity index (χ4v) is 5.87. The van der Waals surface area contributed by atoms with Crippen molar-refractivity contribution in [2.24, 2.45) is 5.92 Å². The van der Waals surface area contributed by atoms with Crippen LogP contribution in [0.15, 0.2) is 46.8 Å². The summed E-state index contributed by atoms with van der Waals surface area (Å²) in [5, 5.41) is 22.2. The predicted octanol–water partition coefficient (Wildman–Crippen LogP) is 4.07. The topological polar surface area (TPSA) is 92.4 Å². The molecule has 4 rings (SSSR count). The van der Waals surface area contributed by atoms with E-state index in [1.54, 1.807) is 0 Å². The highest BCUT2D eigenvalue weighted by atomic mass is 32.1. The number of carbonyl (C=O) groups excluding carboxylic acids is 1. The number of benzene rings is 1. The maximum Gasteiger partial charge on any atom is 0.271 e. The molecule has 1 aliphatic rings. The molecule has 1 saturated carbocycles. The van der Waals surface area contributed by atoms with Crippen molar-refractivity contribution in [1.82, 2.24) is 9.55 Å². The van der Waals surface area contributed by atoms with E-state index in [4.69, 9.17) is 5.11 Å². The molecule has 3 aromatic rings. The second-order valence-electron chi connectivity index (χ2n) is 9.42. The van der Waals surface area contributed by atoms with Crippen LogP contribution in [0.5, 0.6) is 0 Å². The summed E-state index contributed by atoms with van der Waals surface area (Å²) < 4.78 is 2.10. The number of ketones is 1. The maximum atomic E-state index is 13.0. The SMILES string of the molecule is C[C@H](CC(=O)C1CCC(O)(Cn2cnc3c(CCCO)csc3c2=O)CC1)c1ccccc1. The second kappa shape index (κ2) is 10.3. The van der Waals surface area contributed by atoms with Gasteiger partial charge in [-0.3, -0.25) is 14.2 Å². The van der Waals surface area contributed by atoms with Gasteiger partial charge < -0.3 is 10.2 Å². The summed E-state index contributed by atoms with van der Waals surface area (Å²) in [6, 6.07) is 10.1. The first-order valence-electron chi connectivity index (χ1n) is 11.8. The molecule has 2 aromatic heterocycles. The highest BCUT2D eigenvalue weighted by Crippen LogP contribution is 2.35. The van der Waals surface area contributed by atoms with Crippen molar-refractivity contribution in [3.8, 4) is 0 Å². The van der Waals surface area contributed by atoms with E-state index in [9.17, 15) is 14.7 Å². The summed E-state index contributed by atoms with van der Waals surface area (Å²) in [4.78, 5) is 30.3. The lowest BCUT2D eigenvalue weighted by Gasteiger charge is -2.36. The van der Waals surface area contributed by atoms with Gasteiger partial charge in [0.15, 0.2) is 0 Å². The molecule has 0 unspecified atom stereocenters. The second-order valence-corrected chi connectivity index (χ2v) is 10.3. The van der Waals surface area contributed by atoms with Crippen LogP contribution in [0.25, 0.3) is 10.2 Å². The molecule has 7 heteroatoms. The van der Waals surface area contributed by atoms with Crippen LogP contribution in [0.4, 0.5) is 0 Å². The number of Topliss-reactive ketones (excluding diaryl/α,β-unsaturated/α-hetero) is 1. The first-order chi connectivity index (χ1) is 15.9. The average molecular weight is 469 g/mol. The molecule has 1 aromatic carbocycles. The summed E-state index contributed by atoms with van der Waals surface area (Å²) in [6.07, 6.45) is 5.66. The third kappa shape index (κ3) is 5.42. The molecule has 2 heterocycles. The van der Waals surface area contributed by atoms with Gasteiger partial charge in [-0.15, -0.1) is 11.3 Å². The van der Waals surface area contributed by atoms with Crippen molar-refractivity contribution in [1.29, 1.82) is 0 Å². The van der Waals surface area contributed by atoms with Crippen LogP contribution in [-0.4, -0.2) is 37.8 Å². The van der Waals surface area contributed by atoms with Gasteiger partial charge in [0.25, 0.3) is 5.56 Å². The molecule has 0 spiro atoms. The molecular formula is C26H32N2O4S. The minimum Gasteiger partial charge on any atom is -0.396 e. The molecule has 2 N–H and O–H groups in total. The Bertz CT molecular complexity index is 1150. The Balaban J connectivity index is 1.37. The number of aliphatic hydroxyl groups excluding tert-OH is 1. The van der Waals surface area contributed by atoms with E-state index in [1.807, 2.05) is 23.6 Å². The summed E-state index contributed by atoms with van der Waals surface area (Å²) in [6.45, 7) is 2.39. The molecule has 6 nitrogen and oxygen atoms in total. The van der Waals surface area contributed by atoms with Crippen LogP contribution in [-0.2, 0) is 17.8 Å². The standard InChI is InChI=1S/C26H32N2O4S/c1-18(19-6-3-2-4-7-19)14-22(30)20-9-11-26(32,12-10-20)16-28-17-27-23-21(8-5-13-29)15-33-24(23)25(28)31/h2-4,6-7,15,17-18,20,29,32H,5,8-14,16H2,1H3/t18-,20?,26?/m1/s1. The Morgan fingerprint density at radius 1 is 1.27 bits per heavy atom. The fraction of sp³-hybridized carbons (Fsp3) is 0.500. The van der Waals surface area contributed by atoms with E-state index in [2.05, 4.69) is 24.0 Å². The predicted molar refractivity (Wildman–Crippen MR) is 131 cm³/mol. The van der Waals surface area contributed by atoms with Crippen molar-refractivity contribution in [2.75, 3.05) is 6.61 Å². The summed E-state index contributed by atoms with van der Waals surface area (Å²) >= 11 is 1.37. The number of aromatic nitrogens is 2. The van der Waals surface area contributed by atoms with Gasteiger partial charge in [0.1, 0.15) is 10.5 Å². The van der Waals surface area contributed by atoms with Gasteiger partial charge in [0.2, 0.25) is 0 Å². The minimum atomic E-state index is -1.00. The molecule has 0 bridgehead atoms. The summed E-state index contributed by atoms with van der Waals surface area (Å²) in [5.74, 6) is 0.423. The van der Waals surface area contributed by atoms with Gasteiger partial charge in [0, 0.05) is 18.9 Å². The third-order valence-corrected chi connectivity index (χ3v) is 7.94. The van der Waals surface area contributed by atoms with E-state index in [1.165, 1.54) is 27.8 Å². The van der Waals surface area contributed by atoms with Gasteiger partial charge in [-0.2, -0.15) is 0 Å². The Hall–Kier alpha value is -2.35. The molecule has 1 fully saturated rings. The number of hydrogen-bond donors (Lipinski definition) is 2. The monoisotopic (exact) mass is 468 g/mol. The lowest BCUT2D eigenvalue weighted by molar-refractivity contribution is -0.126. The van der Waals surface area contributed by atoms with Crippen LogP contribution in [0.1, 0.15) is 62.5 Å². The fourth-order valence-electron chi connectivity index (χ4n) is 4.87. The highest BCUT2D eigenvalue weighted by molar-refractivity contribution is 7.17. The first kappa shape index (κ1) is 23.8. The van der Waals surface area contributed by atoms with E-state index < -0.39 is 5.60 Å². The molecule has 0 aliphatic heterocycles. The van der Waals surface area contributed by atoms with Gasteiger partial charge in [-0.1, -0.05) is 37.3 Å². The van der Waals surface area contributed by atoms with Crippen molar-refractivity contribution < 1.29 is 15.0 Å². The lowest BCUT2D eigenvalue weighted by atomic mass is 9.75. The van der Waals surface area contributed by atoms with Crippen LogP contribution in [0.3, 0.4) is 0 Å². The number of hydrogen-bond acceptors (Lipinski definition) is 6. The zero-order valence-electron chi connectivity index (χ0n) is 19.1. The van der Waals surface area contributed by atoms with Gasteiger partial charge >= 0.3 is 0 Å². The Kier molecular flexibility index (Phi) is 7.41. The largest absolute Gasteiger partial charge is 0.396 e. The van der Waals surface area contributed by atoms with E-state index >= 15 is 0 Å². The molecule has 1 atom stereocenters. The van der Waals surface area contributed by atoms with Crippen LogP contribution < -0.4 is 5.56 Å². The van der Waals surface area contributed by atoms with Crippen molar-refractivity contribution in [3.05, 3.63) is 63.5 Å². The normalized spacial score (nSPS) is 21.8. The average Bonchev–Trinajstić information content (AvgIpc) is 3.24. The minimum absolute atomic E-state index is 0.0276. The summed E-state index contributed by atoms with van der Waals surface area (Å²) in [5.41, 5.74) is 1.72. The Labute approximate surface area is 197 Å². The first-order valence-corrected chi connectivity index (χ1v) is 12.6. The maximum absolute atomic E-state index is 13.0. The Morgan fingerprint density at radius 2 is 2.00 bits per heavy atom. The van der Waals surface area contributed by atoms with Crippen molar-refractivity contribution >= 4 is 27.3 Å². The van der Waals surface area contributed by atoms with E-state index in [0.29, 0.717) is 55.2 Å². The van der Waals surface area contributed by atoms with Crippen molar-refractivity contribution in [3.63, 3.8) is 0 Å². The zero-order chi connectivity index (χ0) is 23.4. The number of carbonyl (C=O) groups is 1. The lowest BCUT2D eigenvalue weighted by Crippen LogP contribution is -2.42. The molecule has 176 valence electrons. The van der Waals surface area contributed by atoms with Gasteiger partial charge in [-0.05, 0) is 60.9 Å². The van der Waals surface area contributed by atoms with Crippen LogP contribution in [0.2, 0.25) is 0 Å². The van der Waals surface area contributed by atoms with Crippen molar-refractivity contribution in [2.45, 2.75) is 69.9 Å². The van der Waals surface area contributed by atoms with Crippen LogP contribution in [0, 0.1) is 5.92 Å². The molecule has 1 aliphatic carbocycles. The Morgan fingerprint density at radius 3 is 2.70 bits per heavy atom. The number of aliphatic hydroxyl groups is 2. The van der Waals surface area contributed by atoms with Crippen LogP contribution >= 0.6 is 11.3 Å². The number of rotatable bonds is 9. The quantitative estimate of drug-likeness (QED) is 0.494. The number of aryl methyl sites for hydroxylation is 1. The number of nitrogens with zero attached hydrogens (tertiary/aromatic N) is 2. The van der Waals surface area contributed by atoms with E-state index in [0.717, 1.165) is 5.56 Å². The molecule has 0 saturated heterocycles. The zero-order valence-corrected chi connectivity index (χ0v) is 19.9. The molecular weight excluding hydrogens is 436 g/mol. The smallest absolute Gasteiger partial charge is 0.271 e. The summed E-state index contributed by atoms with van der Waals surface area (Å²) in [7, 11) is 0. The third-order valence-electron chi connectivity index (χ3n) is 6.94. The molecule has 33 heavy (non-hydrogen) atoms.